The van der Waals surface area contributed by atoms with Crippen molar-refractivity contribution in [2.24, 2.45) is 0 Å². The van der Waals surface area contributed by atoms with Gasteiger partial charge in [-0.2, -0.15) is 5.26 Å². The molecule has 5 heteroatoms. The molecule has 1 aromatic heterocycles. The molecule has 0 amide bonds. The Kier molecular flexibility index (Phi) is 5.35. The number of anilines is 1. The Balaban J connectivity index is 1.89. The zero-order valence-corrected chi connectivity index (χ0v) is 15.7. The van der Waals surface area contributed by atoms with Crippen molar-refractivity contribution in [3.63, 3.8) is 0 Å². The van der Waals surface area contributed by atoms with Gasteiger partial charge in [-0.1, -0.05) is 24.3 Å². The van der Waals surface area contributed by atoms with Crippen LogP contribution in [0.3, 0.4) is 0 Å². The van der Waals surface area contributed by atoms with E-state index in [2.05, 4.69) is 11.1 Å². The number of aromatic nitrogens is 1. The van der Waals surface area contributed by atoms with Crippen molar-refractivity contribution < 1.29 is 4.74 Å². The number of hydrogen-bond donors (Lipinski definition) is 0. The average Bonchev–Trinajstić information content (AvgIpc) is 3.16. The van der Waals surface area contributed by atoms with Gasteiger partial charge in [-0.3, -0.25) is 0 Å². The molecule has 26 heavy (non-hydrogen) atoms. The lowest BCUT2D eigenvalue weighted by atomic mass is 10.1. The normalized spacial score (nSPS) is 11.1. The molecule has 0 aliphatic carbocycles. The van der Waals surface area contributed by atoms with Crippen LogP contribution >= 0.6 is 11.3 Å². The number of thiazole rings is 1. The molecule has 0 fully saturated rings. The van der Waals surface area contributed by atoms with Crippen molar-refractivity contribution in [2.45, 2.75) is 0 Å². The number of nitrogens with zero attached hydrogens (tertiary/aromatic N) is 3. The molecule has 0 aliphatic rings. The zero-order valence-electron chi connectivity index (χ0n) is 14.9. The topological polar surface area (TPSA) is 49.1 Å². The van der Waals surface area contributed by atoms with Crippen LogP contribution < -0.4 is 9.64 Å². The minimum Gasteiger partial charge on any atom is -0.497 e. The van der Waals surface area contributed by atoms with E-state index in [0.717, 1.165) is 28.3 Å². The van der Waals surface area contributed by atoms with Crippen molar-refractivity contribution >= 4 is 28.7 Å². The third-order valence-corrected chi connectivity index (χ3v) is 4.82. The van der Waals surface area contributed by atoms with Gasteiger partial charge in [0.2, 0.25) is 0 Å². The lowest BCUT2D eigenvalue weighted by Gasteiger charge is -2.11. The summed E-state index contributed by atoms with van der Waals surface area (Å²) in [6.07, 6.45) is 1.87. The zero-order chi connectivity index (χ0) is 18.5. The maximum atomic E-state index is 9.57. The van der Waals surface area contributed by atoms with E-state index in [1.54, 1.807) is 7.11 Å². The highest BCUT2D eigenvalue weighted by Crippen LogP contribution is 2.29. The molecular formula is C21H19N3OS. The van der Waals surface area contributed by atoms with Crippen LogP contribution in [0.1, 0.15) is 10.6 Å². The summed E-state index contributed by atoms with van der Waals surface area (Å²) in [6.45, 7) is 0. The van der Waals surface area contributed by atoms with Gasteiger partial charge < -0.3 is 9.64 Å². The van der Waals surface area contributed by atoms with Crippen LogP contribution in [0, 0.1) is 11.3 Å². The van der Waals surface area contributed by atoms with E-state index in [9.17, 15) is 5.26 Å². The SMILES string of the molecule is COc1cccc(-c2csc(C(C#N)=Cc3ccc(N(C)C)cc3)n2)c1. The summed E-state index contributed by atoms with van der Waals surface area (Å²) in [5.74, 6) is 0.786. The third kappa shape index (κ3) is 3.93. The Hall–Kier alpha value is -3.10. The summed E-state index contributed by atoms with van der Waals surface area (Å²) in [6, 6.07) is 18.1. The van der Waals surface area contributed by atoms with Gasteiger partial charge in [-0.05, 0) is 35.9 Å². The van der Waals surface area contributed by atoms with Crippen molar-refractivity contribution in [1.82, 2.24) is 4.98 Å². The molecule has 0 aliphatic heterocycles. The molecular weight excluding hydrogens is 342 g/mol. The number of benzene rings is 2. The summed E-state index contributed by atoms with van der Waals surface area (Å²) in [4.78, 5) is 6.67. The summed E-state index contributed by atoms with van der Waals surface area (Å²) in [5.41, 5.74) is 4.47. The highest BCUT2D eigenvalue weighted by atomic mass is 32.1. The predicted octanol–water partition coefficient (Wildman–Crippen LogP) is 4.95. The second-order valence-corrected chi connectivity index (χ2v) is 6.78. The molecule has 0 saturated carbocycles. The van der Waals surface area contributed by atoms with Crippen LogP contribution in [0.2, 0.25) is 0 Å². The van der Waals surface area contributed by atoms with Gasteiger partial charge in [-0.25, -0.2) is 4.98 Å². The molecule has 3 aromatic rings. The molecule has 0 atom stereocenters. The second-order valence-electron chi connectivity index (χ2n) is 5.93. The fourth-order valence-corrected chi connectivity index (χ4v) is 3.28. The molecule has 1 heterocycles. The quantitative estimate of drug-likeness (QED) is 0.603. The van der Waals surface area contributed by atoms with Crippen LogP contribution in [0.15, 0.2) is 53.9 Å². The van der Waals surface area contributed by atoms with Gasteiger partial charge in [0, 0.05) is 30.7 Å². The summed E-state index contributed by atoms with van der Waals surface area (Å²) >= 11 is 1.47. The van der Waals surface area contributed by atoms with Crippen LogP contribution in [0.5, 0.6) is 5.75 Å². The first-order chi connectivity index (χ1) is 12.6. The molecule has 0 unspecified atom stereocenters. The standard InChI is InChI=1S/C21H19N3OS/c1-24(2)18-9-7-15(8-10-18)11-17(13-22)21-23-20(14-26-21)16-5-4-6-19(12-16)25-3/h4-12,14H,1-3H3. The maximum absolute atomic E-state index is 9.57. The van der Waals surface area contributed by atoms with Gasteiger partial charge in [0.25, 0.3) is 0 Å². The molecule has 0 bridgehead atoms. The number of hydrogen-bond acceptors (Lipinski definition) is 5. The van der Waals surface area contributed by atoms with E-state index >= 15 is 0 Å². The molecule has 0 saturated heterocycles. The minimum atomic E-state index is 0.557. The predicted molar refractivity (Wildman–Crippen MR) is 108 cm³/mol. The van der Waals surface area contributed by atoms with Crippen molar-refractivity contribution in [3.05, 3.63) is 64.5 Å². The number of allylic oxidation sites excluding steroid dienone is 1. The summed E-state index contributed by atoms with van der Waals surface area (Å²) in [5, 5.41) is 12.2. The number of rotatable bonds is 5. The molecule has 130 valence electrons. The number of ether oxygens (including phenoxy) is 1. The monoisotopic (exact) mass is 361 g/mol. The molecule has 0 spiro atoms. The lowest BCUT2D eigenvalue weighted by molar-refractivity contribution is 0.415. The number of methoxy groups -OCH3 is 1. The van der Waals surface area contributed by atoms with Crippen LogP contribution in [-0.2, 0) is 0 Å². The summed E-state index contributed by atoms with van der Waals surface area (Å²) in [7, 11) is 5.64. The Labute approximate surface area is 157 Å². The van der Waals surface area contributed by atoms with E-state index in [4.69, 9.17) is 4.74 Å². The molecule has 3 rings (SSSR count). The summed E-state index contributed by atoms with van der Waals surface area (Å²) < 4.78 is 5.27. The Morgan fingerprint density at radius 1 is 1.19 bits per heavy atom. The van der Waals surface area contributed by atoms with E-state index in [-0.39, 0.29) is 0 Å². The van der Waals surface area contributed by atoms with E-state index in [1.807, 2.05) is 79.0 Å². The van der Waals surface area contributed by atoms with Gasteiger partial charge in [0.15, 0.2) is 0 Å². The van der Waals surface area contributed by atoms with Crippen molar-refractivity contribution in [1.29, 1.82) is 5.26 Å². The van der Waals surface area contributed by atoms with Gasteiger partial charge in [0.05, 0.1) is 18.4 Å². The molecule has 0 N–H and O–H groups in total. The number of nitriles is 1. The highest BCUT2D eigenvalue weighted by molar-refractivity contribution is 7.11. The van der Waals surface area contributed by atoms with Gasteiger partial charge in [-0.15, -0.1) is 11.3 Å². The fraction of sp³-hybridized carbons (Fsp3) is 0.143. The first-order valence-electron chi connectivity index (χ1n) is 8.10. The first-order valence-corrected chi connectivity index (χ1v) is 8.98. The van der Waals surface area contributed by atoms with Crippen LogP contribution in [0.25, 0.3) is 22.9 Å². The van der Waals surface area contributed by atoms with E-state index in [1.165, 1.54) is 11.3 Å². The van der Waals surface area contributed by atoms with Gasteiger partial charge in [0.1, 0.15) is 16.8 Å². The first kappa shape index (κ1) is 17.7. The Bertz CT molecular complexity index is 965. The van der Waals surface area contributed by atoms with Crippen LogP contribution in [0.4, 0.5) is 5.69 Å². The van der Waals surface area contributed by atoms with Crippen molar-refractivity contribution in [2.75, 3.05) is 26.1 Å². The lowest BCUT2D eigenvalue weighted by Crippen LogP contribution is -2.07. The highest BCUT2D eigenvalue weighted by Gasteiger charge is 2.10. The van der Waals surface area contributed by atoms with Gasteiger partial charge >= 0.3 is 0 Å². The maximum Gasteiger partial charge on any atom is 0.134 e. The van der Waals surface area contributed by atoms with Crippen LogP contribution in [-0.4, -0.2) is 26.2 Å². The molecule has 2 aromatic carbocycles. The van der Waals surface area contributed by atoms with E-state index in [0.29, 0.717) is 10.6 Å². The Morgan fingerprint density at radius 3 is 2.62 bits per heavy atom. The van der Waals surface area contributed by atoms with E-state index < -0.39 is 0 Å². The molecule has 0 radical (unpaired) electrons. The fourth-order valence-electron chi connectivity index (χ4n) is 2.49. The second kappa shape index (κ2) is 7.85. The minimum absolute atomic E-state index is 0.557. The average molecular weight is 361 g/mol. The largest absolute Gasteiger partial charge is 0.497 e. The van der Waals surface area contributed by atoms with Crippen molar-refractivity contribution in [3.8, 4) is 23.1 Å². The third-order valence-electron chi connectivity index (χ3n) is 3.94. The Morgan fingerprint density at radius 2 is 1.96 bits per heavy atom. The smallest absolute Gasteiger partial charge is 0.134 e. The molecule has 4 nitrogen and oxygen atoms in total.